The Kier molecular flexibility index (Phi) is 13.1. The number of amides is 3. The van der Waals surface area contributed by atoms with Gasteiger partial charge in [0, 0.05) is 7.11 Å². The first-order chi connectivity index (χ1) is 14.5. The molecule has 0 aliphatic rings. The number of hydrogen-bond acceptors (Lipinski definition) is 10. The van der Waals surface area contributed by atoms with Crippen LogP contribution in [0.5, 0.6) is 0 Å². The summed E-state index contributed by atoms with van der Waals surface area (Å²) in [7, 11) is 1.40. The molecule has 3 amide bonds. The van der Waals surface area contributed by atoms with E-state index in [1.807, 2.05) is 0 Å². The maximum Gasteiger partial charge on any atom is 0.308 e. The molecule has 0 spiro atoms. The second kappa shape index (κ2) is 14.7. The highest BCUT2D eigenvalue weighted by Gasteiger charge is 2.31. The second-order valence-electron chi connectivity index (χ2n) is 6.16. The van der Waals surface area contributed by atoms with Gasteiger partial charge in [0.15, 0.2) is 0 Å². The molecule has 3 atom stereocenters. The van der Waals surface area contributed by atoms with E-state index in [1.54, 1.807) is 0 Å². The lowest BCUT2D eigenvalue weighted by Gasteiger charge is -2.22. The van der Waals surface area contributed by atoms with Crippen LogP contribution >= 0.6 is 0 Å². The third-order valence-electron chi connectivity index (χ3n) is 3.62. The number of methoxy groups -OCH3 is 1. The topological polar surface area (TPSA) is 226 Å². The molecule has 0 aliphatic heterocycles. The summed E-state index contributed by atoms with van der Waals surface area (Å²) in [4.78, 5) is 70.3. The summed E-state index contributed by atoms with van der Waals surface area (Å²) >= 11 is 0. The average Bonchev–Trinajstić information content (AvgIpc) is 2.66. The van der Waals surface area contributed by atoms with Crippen molar-refractivity contribution in [3.63, 3.8) is 0 Å². The van der Waals surface area contributed by atoms with Crippen molar-refractivity contribution in [1.29, 1.82) is 0 Å². The second-order valence-corrected chi connectivity index (χ2v) is 6.16. The fourth-order valence-corrected chi connectivity index (χ4v) is 2.11. The zero-order valence-electron chi connectivity index (χ0n) is 17.3. The molecule has 14 nitrogen and oxygen atoms in total. The van der Waals surface area contributed by atoms with Crippen LogP contribution in [0.3, 0.4) is 0 Å². The number of ether oxygens (including phenoxy) is 3. The van der Waals surface area contributed by atoms with Crippen LogP contribution in [0.2, 0.25) is 0 Å². The molecule has 0 bridgehead atoms. The molecule has 0 rings (SSSR count). The molecule has 0 heterocycles. The first-order valence-corrected chi connectivity index (χ1v) is 9.19. The van der Waals surface area contributed by atoms with Crippen LogP contribution in [0.1, 0.15) is 26.2 Å². The average molecular weight is 448 g/mol. The number of nitrogens with one attached hydrogen (secondary N) is 2. The summed E-state index contributed by atoms with van der Waals surface area (Å²) in [5, 5.41) is 13.0. The number of carbonyl (C=O) groups excluding carboxylic acids is 5. The molecule has 0 aromatic carbocycles. The zero-order valence-corrected chi connectivity index (χ0v) is 17.3. The molecule has 0 aliphatic carbocycles. The Morgan fingerprint density at radius 3 is 1.97 bits per heavy atom. The number of aliphatic carboxylic acids is 1. The molecule has 0 aromatic rings. The predicted octanol–water partition coefficient (Wildman–Crippen LogP) is -3.22. The number of esters is 2. The fourth-order valence-electron chi connectivity index (χ4n) is 2.11. The quantitative estimate of drug-likeness (QED) is 0.124. The summed E-state index contributed by atoms with van der Waals surface area (Å²) < 4.78 is 14.2. The van der Waals surface area contributed by atoms with Gasteiger partial charge in [0.25, 0.3) is 0 Å². The van der Waals surface area contributed by atoms with Crippen molar-refractivity contribution in [3.8, 4) is 0 Å². The van der Waals surface area contributed by atoms with Crippen LogP contribution in [-0.4, -0.2) is 85.8 Å². The van der Waals surface area contributed by atoms with Crippen LogP contribution in [0.25, 0.3) is 0 Å². The molecular weight excluding hydrogens is 420 g/mol. The molecule has 0 aromatic heterocycles. The van der Waals surface area contributed by atoms with Crippen LogP contribution in [-0.2, 0) is 43.0 Å². The van der Waals surface area contributed by atoms with Crippen molar-refractivity contribution in [3.05, 3.63) is 0 Å². The lowest BCUT2D eigenvalue weighted by Crippen LogP contribution is -2.56. The van der Waals surface area contributed by atoms with Gasteiger partial charge in [-0.3, -0.25) is 28.8 Å². The summed E-state index contributed by atoms with van der Waals surface area (Å²) in [6.07, 6.45) is -1.98. The van der Waals surface area contributed by atoms with Crippen molar-refractivity contribution < 1.29 is 48.1 Å². The lowest BCUT2D eigenvalue weighted by atomic mass is 10.1. The van der Waals surface area contributed by atoms with Crippen molar-refractivity contribution in [2.75, 3.05) is 26.9 Å². The monoisotopic (exact) mass is 448 g/mol. The number of rotatable bonds is 15. The van der Waals surface area contributed by atoms with E-state index in [0.717, 1.165) is 0 Å². The van der Waals surface area contributed by atoms with Gasteiger partial charge in [-0.2, -0.15) is 0 Å². The van der Waals surface area contributed by atoms with Crippen LogP contribution in [0.15, 0.2) is 0 Å². The first kappa shape index (κ1) is 27.7. The van der Waals surface area contributed by atoms with E-state index in [4.69, 9.17) is 30.8 Å². The van der Waals surface area contributed by atoms with E-state index in [-0.39, 0.29) is 19.8 Å². The van der Waals surface area contributed by atoms with Crippen molar-refractivity contribution >= 4 is 35.6 Å². The normalized spacial score (nSPS) is 13.3. The van der Waals surface area contributed by atoms with Gasteiger partial charge in [0.1, 0.15) is 18.7 Å². The number of primary amides is 1. The number of carboxylic acid groups (broad SMARTS) is 1. The molecule has 7 N–H and O–H groups in total. The Morgan fingerprint density at radius 1 is 0.871 bits per heavy atom. The largest absolute Gasteiger partial charge is 0.481 e. The maximum atomic E-state index is 12.5. The summed E-state index contributed by atoms with van der Waals surface area (Å²) in [6.45, 7) is 1.62. The van der Waals surface area contributed by atoms with Gasteiger partial charge in [0.05, 0.1) is 38.5 Å². The van der Waals surface area contributed by atoms with Crippen LogP contribution < -0.4 is 22.1 Å². The fraction of sp³-hybridized carbons (Fsp3) is 0.647. The van der Waals surface area contributed by atoms with Gasteiger partial charge in [-0.15, -0.1) is 0 Å². The van der Waals surface area contributed by atoms with E-state index in [9.17, 15) is 28.8 Å². The van der Waals surface area contributed by atoms with Gasteiger partial charge in [0.2, 0.25) is 17.7 Å². The van der Waals surface area contributed by atoms with Crippen LogP contribution in [0, 0.1) is 0 Å². The maximum absolute atomic E-state index is 12.5. The molecule has 0 fully saturated rings. The minimum Gasteiger partial charge on any atom is -0.481 e. The van der Waals surface area contributed by atoms with Crippen molar-refractivity contribution in [2.45, 2.75) is 44.3 Å². The Morgan fingerprint density at radius 2 is 1.45 bits per heavy atom. The SMILES string of the molecule is CCOC(=O)CC(NC(=O)C(N)CC(=O)OCCOC)C(=O)NC(CC(=O)O)C(N)=O. The highest BCUT2D eigenvalue weighted by Crippen LogP contribution is 2.02. The molecule has 176 valence electrons. The molecule has 3 unspecified atom stereocenters. The van der Waals surface area contributed by atoms with E-state index in [0.29, 0.717) is 0 Å². The highest BCUT2D eigenvalue weighted by molar-refractivity contribution is 5.96. The number of hydrogen-bond donors (Lipinski definition) is 5. The third-order valence-corrected chi connectivity index (χ3v) is 3.62. The molecular formula is C17H28N4O10. The lowest BCUT2D eigenvalue weighted by molar-refractivity contribution is -0.148. The minimum atomic E-state index is -1.59. The van der Waals surface area contributed by atoms with Gasteiger partial charge < -0.3 is 41.4 Å². The van der Waals surface area contributed by atoms with Gasteiger partial charge in [-0.05, 0) is 6.92 Å². The smallest absolute Gasteiger partial charge is 0.308 e. The zero-order chi connectivity index (χ0) is 24.0. The molecule has 0 saturated carbocycles. The highest BCUT2D eigenvalue weighted by atomic mass is 16.6. The number of carboxylic acids is 1. The van der Waals surface area contributed by atoms with E-state index in [1.165, 1.54) is 14.0 Å². The summed E-state index contributed by atoms with van der Waals surface area (Å²) in [5.41, 5.74) is 10.7. The molecule has 0 saturated heterocycles. The predicted molar refractivity (Wildman–Crippen MR) is 102 cm³/mol. The minimum absolute atomic E-state index is 0.00310. The Bertz CT molecular complexity index is 669. The summed E-state index contributed by atoms with van der Waals surface area (Å²) in [6, 6.07) is -4.58. The van der Waals surface area contributed by atoms with E-state index < -0.39 is 73.0 Å². The van der Waals surface area contributed by atoms with Gasteiger partial charge >= 0.3 is 17.9 Å². The third kappa shape index (κ3) is 12.1. The summed E-state index contributed by atoms with van der Waals surface area (Å²) in [5.74, 6) is -6.23. The number of nitrogens with two attached hydrogens (primary N) is 2. The molecule has 31 heavy (non-hydrogen) atoms. The first-order valence-electron chi connectivity index (χ1n) is 9.19. The Labute approximate surface area is 177 Å². The van der Waals surface area contributed by atoms with Gasteiger partial charge in [-0.1, -0.05) is 0 Å². The molecule has 14 heteroatoms. The van der Waals surface area contributed by atoms with E-state index >= 15 is 0 Å². The van der Waals surface area contributed by atoms with Crippen molar-refractivity contribution in [1.82, 2.24) is 10.6 Å². The molecule has 0 radical (unpaired) electrons. The Hall–Kier alpha value is -3.26. The Balaban J connectivity index is 5.17. The van der Waals surface area contributed by atoms with Crippen molar-refractivity contribution in [2.24, 2.45) is 11.5 Å². The standard InChI is InChI=1S/C17H28N4O10/c1-3-30-14(25)8-11(17(28)20-10(15(19)26)7-12(22)23)21-16(27)9(18)6-13(24)31-5-4-29-2/h9-11H,3-8,18H2,1-2H3,(H2,19,26)(H,20,28)(H,21,27)(H,22,23). The number of carbonyl (C=O) groups is 6. The van der Waals surface area contributed by atoms with Gasteiger partial charge in [-0.25, -0.2) is 0 Å². The van der Waals surface area contributed by atoms with Crippen LogP contribution in [0.4, 0.5) is 0 Å². The van der Waals surface area contributed by atoms with E-state index in [2.05, 4.69) is 10.6 Å².